The molecule has 98 valence electrons. The Labute approximate surface area is 102 Å². The van der Waals surface area contributed by atoms with E-state index in [-0.39, 0.29) is 5.56 Å². The molecule has 0 radical (unpaired) electrons. The number of aliphatic carboxylic acids is 2. The van der Waals surface area contributed by atoms with Crippen molar-refractivity contribution in [1.29, 1.82) is 0 Å². The lowest BCUT2D eigenvalue weighted by Crippen LogP contribution is -2.57. The van der Waals surface area contributed by atoms with E-state index in [1.807, 2.05) is 0 Å². The highest BCUT2D eigenvalue weighted by Crippen LogP contribution is 2.29. The number of hydrogen-bond donors (Lipinski definition) is 5. The Morgan fingerprint density at radius 3 is 1.94 bits per heavy atom. The zero-order chi connectivity index (χ0) is 13.9. The molecule has 0 bridgehead atoms. The first kappa shape index (κ1) is 14.1. The first-order valence-corrected chi connectivity index (χ1v) is 4.91. The summed E-state index contributed by atoms with van der Waals surface area (Å²) in [6.07, 6.45) is -4.74. The van der Waals surface area contributed by atoms with E-state index in [2.05, 4.69) is 0 Å². The van der Waals surface area contributed by atoms with Crippen molar-refractivity contribution >= 4 is 11.9 Å². The molecular formula is C11H12O7. The summed E-state index contributed by atoms with van der Waals surface area (Å²) in [6, 6.07) is 7.12. The SMILES string of the molecule is O=C(O)C(O)C(O)(C(=O)O)C(O)c1ccccc1. The lowest BCUT2D eigenvalue weighted by Gasteiger charge is -2.31. The van der Waals surface area contributed by atoms with Gasteiger partial charge in [0.15, 0.2) is 6.10 Å². The van der Waals surface area contributed by atoms with Crippen LogP contribution >= 0.6 is 0 Å². The number of rotatable bonds is 5. The molecule has 5 N–H and O–H groups in total. The number of carboxylic acid groups (broad SMARTS) is 2. The van der Waals surface area contributed by atoms with Crippen LogP contribution in [-0.2, 0) is 9.59 Å². The van der Waals surface area contributed by atoms with Crippen molar-refractivity contribution in [2.45, 2.75) is 17.8 Å². The zero-order valence-corrected chi connectivity index (χ0v) is 9.09. The Kier molecular flexibility index (Phi) is 4.02. The smallest absolute Gasteiger partial charge is 0.342 e. The van der Waals surface area contributed by atoms with Gasteiger partial charge in [-0.2, -0.15) is 0 Å². The van der Waals surface area contributed by atoms with Crippen molar-refractivity contribution in [3.8, 4) is 0 Å². The maximum absolute atomic E-state index is 10.9. The Hall–Kier alpha value is -1.96. The zero-order valence-electron chi connectivity index (χ0n) is 9.09. The van der Waals surface area contributed by atoms with Gasteiger partial charge in [-0.05, 0) is 5.56 Å². The van der Waals surface area contributed by atoms with Crippen molar-refractivity contribution in [2.75, 3.05) is 0 Å². The minimum absolute atomic E-state index is 0.0253. The third-order valence-corrected chi connectivity index (χ3v) is 2.53. The number of carboxylic acids is 2. The summed E-state index contributed by atoms with van der Waals surface area (Å²) in [6.45, 7) is 0. The molecule has 1 rings (SSSR count). The molecule has 0 aliphatic rings. The van der Waals surface area contributed by atoms with Crippen molar-refractivity contribution < 1.29 is 35.1 Å². The van der Waals surface area contributed by atoms with Gasteiger partial charge in [0.25, 0.3) is 0 Å². The van der Waals surface area contributed by atoms with Crippen molar-refractivity contribution in [1.82, 2.24) is 0 Å². The average molecular weight is 256 g/mol. The van der Waals surface area contributed by atoms with Gasteiger partial charge >= 0.3 is 11.9 Å². The van der Waals surface area contributed by atoms with Gasteiger partial charge in [0, 0.05) is 0 Å². The van der Waals surface area contributed by atoms with Gasteiger partial charge in [-0.15, -0.1) is 0 Å². The fraction of sp³-hybridized carbons (Fsp3) is 0.273. The molecule has 3 atom stereocenters. The van der Waals surface area contributed by atoms with Crippen LogP contribution in [0.4, 0.5) is 0 Å². The minimum Gasteiger partial charge on any atom is -0.479 e. The van der Waals surface area contributed by atoms with Crippen LogP contribution in [0.25, 0.3) is 0 Å². The molecule has 1 aromatic carbocycles. The number of aliphatic hydroxyl groups is 3. The predicted molar refractivity (Wildman–Crippen MR) is 57.6 cm³/mol. The standard InChI is InChI=1S/C11H12O7/c12-7(6-4-2-1-3-5-6)11(18,10(16)17)8(13)9(14)15/h1-5,7-8,12-13,18H,(H,14,15)(H,16,17). The molecule has 0 saturated carbocycles. The Morgan fingerprint density at radius 2 is 1.56 bits per heavy atom. The lowest BCUT2D eigenvalue weighted by molar-refractivity contribution is -0.201. The number of aliphatic hydroxyl groups excluding tert-OH is 2. The fourth-order valence-electron chi connectivity index (χ4n) is 1.46. The second kappa shape index (κ2) is 5.13. The quantitative estimate of drug-likeness (QED) is 0.455. The molecule has 0 aromatic heterocycles. The second-order valence-corrected chi connectivity index (χ2v) is 3.68. The monoisotopic (exact) mass is 256 g/mol. The Morgan fingerprint density at radius 1 is 1.06 bits per heavy atom. The Bertz CT molecular complexity index is 444. The molecule has 0 saturated heterocycles. The van der Waals surface area contributed by atoms with E-state index < -0.39 is 29.7 Å². The highest BCUT2D eigenvalue weighted by atomic mass is 16.5. The van der Waals surface area contributed by atoms with Crippen LogP contribution in [-0.4, -0.2) is 49.2 Å². The summed E-state index contributed by atoms with van der Waals surface area (Å²) < 4.78 is 0. The molecule has 0 amide bonds. The molecule has 18 heavy (non-hydrogen) atoms. The van der Waals surface area contributed by atoms with E-state index in [0.29, 0.717) is 0 Å². The third-order valence-electron chi connectivity index (χ3n) is 2.53. The van der Waals surface area contributed by atoms with E-state index in [0.717, 1.165) is 0 Å². The molecule has 1 aromatic rings. The average Bonchev–Trinajstić information content (AvgIpc) is 2.36. The summed E-state index contributed by atoms with van der Waals surface area (Å²) >= 11 is 0. The van der Waals surface area contributed by atoms with E-state index >= 15 is 0 Å². The fourth-order valence-corrected chi connectivity index (χ4v) is 1.46. The van der Waals surface area contributed by atoms with Crippen molar-refractivity contribution in [3.05, 3.63) is 35.9 Å². The van der Waals surface area contributed by atoms with Gasteiger partial charge in [-0.1, -0.05) is 30.3 Å². The molecule has 0 spiro atoms. The van der Waals surface area contributed by atoms with Crippen LogP contribution in [0.5, 0.6) is 0 Å². The van der Waals surface area contributed by atoms with Gasteiger partial charge in [0.2, 0.25) is 5.60 Å². The van der Waals surface area contributed by atoms with E-state index in [1.165, 1.54) is 24.3 Å². The molecule has 7 nitrogen and oxygen atoms in total. The van der Waals surface area contributed by atoms with E-state index in [9.17, 15) is 24.9 Å². The maximum atomic E-state index is 10.9. The van der Waals surface area contributed by atoms with Gasteiger partial charge < -0.3 is 25.5 Å². The number of carbonyl (C=O) groups is 2. The number of hydrogen-bond acceptors (Lipinski definition) is 5. The van der Waals surface area contributed by atoms with Crippen LogP contribution in [0.3, 0.4) is 0 Å². The van der Waals surface area contributed by atoms with Gasteiger partial charge in [0.05, 0.1) is 0 Å². The summed E-state index contributed by atoms with van der Waals surface area (Å²) in [4.78, 5) is 21.6. The first-order valence-electron chi connectivity index (χ1n) is 4.91. The topological polar surface area (TPSA) is 135 Å². The van der Waals surface area contributed by atoms with Crippen LogP contribution in [0.15, 0.2) is 30.3 Å². The van der Waals surface area contributed by atoms with Gasteiger partial charge in [-0.3, -0.25) is 0 Å². The van der Waals surface area contributed by atoms with Gasteiger partial charge in [0.1, 0.15) is 6.10 Å². The molecule has 3 unspecified atom stereocenters. The van der Waals surface area contributed by atoms with E-state index in [1.54, 1.807) is 6.07 Å². The first-order chi connectivity index (χ1) is 8.31. The third kappa shape index (κ3) is 2.33. The van der Waals surface area contributed by atoms with Crippen LogP contribution in [0.1, 0.15) is 11.7 Å². The summed E-state index contributed by atoms with van der Waals surface area (Å²) in [5, 5.41) is 46.2. The molecule has 7 heteroatoms. The normalized spacial score (nSPS) is 17.5. The molecule has 0 heterocycles. The van der Waals surface area contributed by atoms with Gasteiger partial charge in [-0.25, -0.2) is 9.59 Å². The summed E-state index contributed by atoms with van der Waals surface area (Å²) in [5.41, 5.74) is -3.25. The lowest BCUT2D eigenvalue weighted by atomic mass is 9.86. The maximum Gasteiger partial charge on any atom is 0.342 e. The molecule has 0 aliphatic heterocycles. The highest BCUT2D eigenvalue weighted by molar-refractivity contribution is 5.88. The van der Waals surface area contributed by atoms with Crippen LogP contribution in [0, 0.1) is 0 Å². The largest absolute Gasteiger partial charge is 0.479 e. The Balaban J connectivity index is 3.21. The van der Waals surface area contributed by atoms with Crippen LogP contribution in [0.2, 0.25) is 0 Å². The second-order valence-electron chi connectivity index (χ2n) is 3.68. The summed E-state index contributed by atoms with van der Waals surface area (Å²) in [5.74, 6) is -3.98. The van der Waals surface area contributed by atoms with Crippen LogP contribution < -0.4 is 0 Å². The molecular weight excluding hydrogens is 244 g/mol. The van der Waals surface area contributed by atoms with E-state index in [4.69, 9.17) is 10.2 Å². The van der Waals surface area contributed by atoms with Crippen molar-refractivity contribution in [2.24, 2.45) is 0 Å². The minimum atomic E-state index is -3.23. The highest BCUT2D eigenvalue weighted by Gasteiger charge is 2.54. The summed E-state index contributed by atoms with van der Waals surface area (Å²) in [7, 11) is 0. The van der Waals surface area contributed by atoms with Crippen molar-refractivity contribution in [3.63, 3.8) is 0 Å². The molecule has 0 fully saturated rings. The number of benzene rings is 1. The molecule has 0 aliphatic carbocycles. The predicted octanol–water partition coefficient (Wildman–Crippen LogP) is -1.02.